The van der Waals surface area contributed by atoms with E-state index in [1.807, 2.05) is 0 Å². The first-order chi connectivity index (χ1) is 11.8. The van der Waals surface area contributed by atoms with E-state index in [0.29, 0.717) is 17.9 Å². The van der Waals surface area contributed by atoms with Gasteiger partial charge in [-0.05, 0) is 37.3 Å². The third-order valence-corrected chi connectivity index (χ3v) is 5.90. The molecule has 25 heavy (non-hydrogen) atoms. The van der Waals surface area contributed by atoms with Crippen molar-refractivity contribution in [3.05, 3.63) is 47.6 Å². The minimum atomic E-state index is 0. The van der Waals surface area contributed by atoms with Crippen molar-refractivity contribution in [2.24, 2.45) is 11.8 Å². The molecule has 5 nitrogen and oxygen atoms in total. The quantitative estimate of drug-likeness (QED) is 0.838. The minimum Gasteiger partial charge on any atom is -0.338 e. The van der Waals surface area contributed by atoms with Crippen LogP contribution >= 0.6 is 12.4 Å². The third-order valence-electron chi connectivity index (χ3n) is 5.90. The van der Waals surface area contributed by atoms with Gasteiger partial charge in [0.1, 0.15) is 0 Å². The zero-order chi connectivity index (χ0) is 16.1. The molecule has 0 amide bonds. The largest absolute Gasteiger partial charge is 0.338 e. The van der Waals surface area contributed by atoms with Gasteiger partial charge in [-0.3, -0.25) is 9.80 Å². The fraction of sp³-hybridized carbons (Fsp3) is 0.579. The Morgan fingerprint density at radius 2 is 1.92 bits per heavy atom. The first-order valence-corrected chi connectivity index (χ1v) is 9.08. The van der Waals surface area contributed by atoms with Crippen molar-refractivity contribution in [2.75, 3.05) is 26.7 Å². The van der Waals surface area contributed by atoms with Gasteiger partial charge in [0.2, 0.25) is 5.89 Å². The molecule has 0 bridgehead atoms. The Hall–Kier alpha value is -1.43. The molecule has 3 heterocycles. The maximum Gasteiger partial charge on any atom is 0.240 e. The van der Waals surface area contributed by atoms with Crippen LogP contribution in [0, 0.1) is 11.8 Å². The van der Waals surface area contributed by atoms with Gasteiger partial charge in [-0.2, -0.15) is 4.98 Å². The van der Waals surface area contributed by atoms with Crippen LogP contribution in [0.5, 0.6) is 0 Å². The van der Waals surface area contributed by atoms with E-state index >= 15 is 0 Å². The summed E-state index contributed by atoms with van der Waals surface area (Å²) >= 11 is 0. The van der Waals surface area contributed by atoms with Crippen LogP contribution in [0.3, 0.4) is 0 Å². The summed E-state index contributed by atoms with van der Waals surface area (Å²) in [4.78, 5) is 9.62. The highest BCUT2D eigenvalue weighted by atomic mass is 35.5. The lowest BCUT2D eigenvalue weighted by Crippen LogP contribution is -2.29. The molecule has 3 fully saturated rings. The van der Waals surface area contributed by atoms with Gasteiger partial charge in [0.05, 0.1) is 6.54 Å². The van der Waals surface area contributed by atoms with Crippen LogP contribution in [0.4, 0.5) is 0 Å². The molecule has 2 saturated heterocycles. The van der Waals surface area contributed by atoms with Crippen LogP contribution in [0.1, 0.15) is 42.1 Å². The Labute approximate surface area is 154 Å². The lowest BCUT2D eigenvalue weighted by atomic mass is 9.90. The minimum absolute atomic E-state index is 0. The fourth-order valence-corrected chi connectivity index (χ4v) is 4.66. The molecular weight excluding hydrogens is 336 g/mol. The molecule has 3 aliphatic rings. The first kappa shape index (κ1) is 17.0. The van der Waals surface area contributed by atoms with Gasteiger partial charge in [0.25, 0.3) is 0 Å². The highest BCUT2D eigenvalue weighted by Crippen LogP contribution is 2.44. The van der Waals surface area contributed by atoms with E-state index in [4.69, 9.17) is 4.52 Å². The molecule has 6 heteroatoms. The Morgan fingerprint density at radius 3 is 2.68 bits per heavy atom. The van der Waals surface area contributed by atoms with Crippen molar-refractivity contribution in [2.45, 2.75) is 31.3 Å². The van der Waals surface area contributed by atoms with Gasteiger partial charge in [-0.15, -0.1) is 12.4 Å². The summed E-state index contributed by atoms with van der Waals surface area (Å²) in [5, 5.41) is 4.15. The van der Waals surface area contributed by atoms with Crippen molar-refractivity contribution in [1.82, 2.24) is 19.9 Å². The summed E-state index contributed by atoms with van der Waals surface area (Å²) in [6.45, 7) is 4.24. The number of fused-ring (bicyclic) bond motifs is 1. The summed E-state index contributed by atoms with van der Waals surface area (Å²) < 4.78 is 5.47. The summed E-state index contributed by atoms with van der Waals surface area (Å²) in [5.74, 6) is 3.72. The molecule has 134 valence electrons. The fourth-order valence-electron chi connectivity index (χ4n) is 4.66. The Balaban J connectivity index is 0.00000157. The second-order valence-corrected chi connectivity index (χ2v) is 7.73. The SMILES string of the molecule is CN1C[C@H]2CN(Cc3nc(C4CC4)no3)C[C@H]2[C@@H]1c1ccccc1.Cl. The van der Waals surface area contributed by atoms with Gasteiger partial charge >= 0.3 is 0 Å². The molecular formula is C19H25ClN4O. The van der Waals surface area contributed by atoms with Crippen LogP contribution in [0.25, 0.3) is 0 Å². The van der Waals surface area contributed by atoms with E-state index in [-0.39, 0.29) is 12.4 Å². The van der Waals surface area contributed by atoms with Gasteiger partial charge in [0.15, 0.2) is 5.82 Å². The van der Waals surface area contributed by atoms with Crippen molar-refractivity contribution >= 4 is 12.4 Å². The molecule has 2 aromatic rings. The van der Waals surface area contributed by atoms with E-state index in [9.17, 15) is 0 Å². The van der Waals surface area contributed by atoms with E-state index in [0.717, 1.165) is 37.3 Å². The van der Waals surface area contributed by atoms with Crippen LogP contribution in [-0.2, 0) is 6.54 Å². The summed E-state index contributed by atoms with van der Waals surface area (Å²) in [5.41, 5.74) is 1.45. The standard InChI is InChI=1S/C19H24N4O.ClH/c1-22-9-15-10-23(12-17-20-19(21-24-17)14-7-8-14)11-16(15)18(22)13-5-3-2-4-6-13;/h2-6,14-16,18H,7-12H2,1H3;1H/t15-,16+,18-;/m0./s1. The average Bonchev–Trinajstić information content (AvgIpc) is 3.10. The van der Waals surface area contributed by atoms with E-state index in [1.54, 1.807) is 0 Å². The Morgan fingerprint density at radius 1 is 1.12 bits per heavy atom. The van der Waals surface area contributed by atoms with E-state index < -0.39 is 0 Å². The number of hydrogen-bond donors (Lipinski definition) is 0. The lowest BCUT2D eigenvalue weighted by molar-refractivity contribution is 0.208. The summed E-state index contributed by atoms with van der Waals surface area (Å²) in [7, 11) is 2.26. The molecule has 1 aliphatic carbocycles. The molecule has 0 unspecified atom stereocenters. The van der Waals surface area contributed by atoms with Crippen LogP contribution in [0.2, 0.25) is 0 Å². The molecule has 1 saturated carbocycles. The molecule has 0 N–H and O–H groups in total. The van der Waals surface area contributed by atoms with Crippen LogP contribution in [0.15, 0.2) is 34.9 Å². The number of nitrogens with zero attached hydrogens (tertiary/aromatic N) is 4. The Bertz CT molecular complexity index is 717. The number of aromatic nitrogens is 2. The molecule has 1 aromatic carbocycles. The van der Waals surface area contributed by atoms with E-state index in [1.165, 1.54) is 24.9 Å². The summed E-state index contributed by atoms with van der Waals surface area (Å²) in [6.07, 6.45) is 2.44. The highest BCUT2D eigenvalue weighted by molar-refractivity contribution is 5.85. The van der Waals surface area contributed by atoms with Crippen molar-refractivity contribution in [1.29, 1.82) is 0 Å². The van der Waals surface area contributed by atoms with Crippen LogP contribution in [-0.4, -0.2) is 46.6 Å². The average molecular weight is 361 g/mol. The van der Waals surface area contributed by atoms with Crippen molar-refractivity contribution < 1.29 is 4.52 Å². The number of rotatable bonds is 4. The number of likely N-dealkylation sites (tertiary alicyclic amines) is 2. The molecule has 2 aliphatic heterocycles. The van der Waals surface area contributed by atoms with Crippen LogP contribution < -0.4 is 0 Å². The second kappa shape index (κ2) is 6.71. The zero-order valence-corrected chi connectivity index (χ0v) is 15.4. The molecule has 0 spiro atoms. The number of halogens is 1. The first-order valence-electron chi connectivity index (χ1n) is 9.08. The smallest absolute Gasteiger partial charge is 0.240 e. The number of hydrogen-bond acceptors (Lipinski definition) is 5. The van der Waals surface area contributed by atoms with Gasteiger partial charge in [0, 0.05) is 31.6 Å². The number of benzene rings is 1. The van der Waals surface area contributed by atoms with Crippen molar-refractivity contribution in [3.8, 4) is 0 Å². The molecule has 0 radical (unpaired) electrons. The third kappa shape index (κ3) is 3.21. The highest BCUT2D eigenvalue weighted by Gasteiger charge is 2.46. The molecule has 5 rings (SSSR count). The summed E-state index contributed by atoms with van der Waals surface area (Å²) in [6, 6.07) is 11.5. The van der Waals surface area contributed by atoms with Gasteiger partial charge < -0.3 is 4.52 Å². The zero-order valence-electron chi connectivity index (χ0n) is 14.5. The Kier molecular flexibility index (Phi) is 4.56. The lowest BCUT2D eigenvalue weighted by Gasteiger charge is -2.26. The normalized spacial score (nSPS) is 29.6. The maximum atomic E-state index is 5.47. The topological polar surface area (TPSA) is 45.4 Å². The molecule has 1 aromatic heterocycles. The predicted molar refractivity (Wildman–Crippen MR) is 97.6 cm³/mol. The van der Waals surface area contributed by atoms with Gasteiger partial charge in [-0.1, -0.05) is 35.5 Å². The molecule has 3 atom stereocenters. The van der Waals surface area contributed by atoms with Crippen molar-refractivity contribution in [3.63, 3.8) is 0 Å². The monoisotopic (exact) mass is 360 g/mol. The van der Waals surface area contributed by atoms with Gasteiger partial charge in [-0.25, -0.2) is 0 Å². The predicted octanol–water partition coefficient (Wildman–Crippen LogP) is 3.10. The maximum absolute atomic E-state index is 5.47. The van der Waals surface area contributed by atoms with E-state index in [2.05, 4.69) is 57.3 Å². The second-order valence-electron chi connectivity index (χ2n) is 7.73.